The van der Waals surface area contributed by atoms with Gasteiger partial charge in [-0.3, -0.25) is 4.79 Å². The van der Waals surface area contributed by atoms with Gasteiger partial charge in [0.05, 0.1) is 5.60 Å². The van der Waals surface area contributed by atoms with E-state index in [-0.39, 0.29) is 0 Å². The Labute approximate surface area is 97.3 Å². The van der Waals surface area contributed by atoms with Crippen LogP contribution >= 0.6 is 0 Å². The summed E-state index contributed by atoms with van der Waals surface area (Å²) in [5, 5.41) is 8.52. The maximum Gasteiger partial charge on any atom is 0.150 e. The maximum absolute atomic E-state index is 10.1. The second kappa shape index (κ2) is 8.88. The minimum absolute atomic E-state index is 0.500. The molecule has 0 radical (unpaired) electrons. The summed E-state index contributed by atoms with van der Waals surface area (Å²) in [5.41, 5.74) is 10.7. The molecule has 0 bridgehead atoms. The molecule has 1 aromatic carbocycles. The molecule has 0 heterocycles. The van der Waals surface area contributed by atoms with Gasteiger partial charge in [-0.05, 0) is 52.1 Å². The van der Waals surface area contributed by atoms with E-state index in [0.717, 1.165) is 6.29 Å². The summed E-state index contributed by atoms with van der Waals surface area (Å²) in [7, 11) is 1.50. The van der Waals surface area contributed by atoms with Gasteiger partial charge >= 0.3 is 0 Å². The van der Waals surface area contributed by atoms with Crippen LogP contribution in [0.2, 0.25) is 0 Å². The third-order valence-corrected chi connectivity index (χ3v) is 1.07. The van der Waals surface area contributed by atoms with Crippen molar-refractivity contribution in [2.75, 3.05) is 12.8 Å². The first-order valence-electron chi connectivity index (χ1n) is 4.94. The van der Waals surface area contributed by atoms with Crippen LogP contribution < -0.4 is 11.5 Å². The number of nitrogens with two attached hydrogens (primary N) is 2. The van der Waals surface area contributed by atoms with Crippen LogP contribution in [0.15, 0.2) is 24.3 Å². The lowest BCUT2D eigenvalue weighted by Crippen LogP contribution is -2.10. The molecule has 0 aliphatic carbocycles. The molecule has 16 heavy (non-hydrogen) atoms. The topological polar surface area (TPSA) is 89.3 Å². The van der Waals surface area contributed by atoms with Gasteiger partial charge in [0.2, 0.25) is 0 Å². The Bertz CT molecular complexity index is 270. The summed E-state index contributed by atoms with van der Waals surface area (Å²) in [6.07, 6.45) is 0.791. The zero-order valence-corrected chi connectivity index (χ0v) is 10.4. The van der Waals surface area contributed by atoms with Gasteiger partial charge in [0.1, 0.15) is 6.29 Å². The Hall–Kier alpha value is -1.39. The van der Waals surface area contributed by atoms with E-state index in [1.807, 2.05) is 0 Å². The molecular weight excluding hydrogens is 204 g/mol. The minimum Gasteiger partial charge on any atom is -0.399 e. The van der Waals surface area contributed by atoms with E-state index in [1.165, 1.54) is 7.05 Å². The van der Waals surface area contributed by atoms with Gasteiger partial charge in [0.25, 0.3) is 0 Å². The fraction of sp³-hybridized carbons (Fsp3) is 0.417. The van der Waals surface area contributed by atoms with E-state index in [0.29, 0.717) is 11.3 Å². The molecular formula is C12H22N2O2. The summed E-state index contributed by atoms with van der Waals surface area (Å²) >= 11 is 0. The van der Waals surface area contributed by atoms with Crippen LogP contribution in [-0.4, -0.2) is 24.0 Å². The molecule has 92 valence electrons. The number of aldehydes is 1. The molecule has 5 N–H and O–H groups in total. The van der Waals surface area contributed by atoms with Crippen LogP contribution in [0.3, 0.4) is 0 Å². The van der Waals surface area contributed by atoms with Gasteiger partial charge in [-0.2, -0.15) is 0 Å². The van der Waals surface area contributed by atoms with E-state index >= 15 is 0 Å². The molecule has 0 aromatic heterocycles. The number of nitrogen functional groups attached to an aromatic ring is 1. The molecule has 0 fully saturated rings. The van der Waals surface area contributed by atoms with Crippen molar-refractivity contribution >= 4 is 12.0 Å². The zero-order chi connectivity index (χ0) is 13.2. The standard InChI is InChI=1S/C7H7NO.C4H10O.CH5N/c8-7-3-1-6(5-9)2-4-7;1-4(2,3)5;1-2/h1-5H,8H2;5H,1-3H3;2H2,1H3. The maximum atomic E-state index is 10.1. The lowest BCUT2D eigenvalue weighted by atomic mass is 10.2. The molecule has 4 heteroatoms. The van der Waals surface area contributed by atoms with Crippen molar-refractivity contribution in [3.63, 3.8) is 0 Å². The fourth-order valence-corrected chi connectivity index (χ4v) is 0.575. The molecule has 0 saturated carbocycles. The van der Waals surface area contributed by atoms with Gasteiger partial charge in [-0.1, -0.05) is 0 Å². The Morgan fingerprint density at radius 3 is 1.69 bits per heavy atom. The highest BCUT2D eigenvalue weighted by Crippen LogP contribution is 2.01. The third kappa shape index (κ3) is 15.1. The van der Waals surface area contributed by atoms with Crippen LogP contribution in [0, 0.1) is 0 Å². The van der Waals surface area contributed by atoms with Gasteiger partial charge in [0.15, 0.2) is 0 Å². The van der Waals surface area contributed by atoms with Crippen LogP contribution in [0.1, 0.15) is 31.1 Å². The number of carbonyl (C=O) groups excluding carboxylic acids is 1. The molecule has 0 amide bonds. The molecule has 0 spiro atoms. The van der Waals surface area contributed by atoms with E-state index in [4.69, 9.17) is 10.8 Å². The molecule has 0 aliphatic rings. The lowest BCUT2D eigenvalue weighted by Gasteiger charge is -2.04. The predicted octanol–water partition coefficient (Wildman–Crippen LogP) is 1.43. The number of benzene rings is 1. The summed E-state index contributed by atoms with van der Waals surface area (Å²) in [4.78, 5) is 10.1. The number of rotatable bonds is 1. The molecule has 0 atom stereocenters. The van der Waals surface area contributed by atoms with E-state index < -0.39 is 5.60 Å². The van der Waals surface area contributed by atoms with Crippen molar-refractivity contribution < 1.29 is 9.90 Å². The van der Waals surface area contributed by atoms with Crippen molar-refractivity contribution in [2.45, 2.75) is 26.4 Å². The van der Waals surface area contributed by atoms with E-state index in [1.54, 1.807) is 45.0 Å². The first-order chi connectivity index (χ1) is 7.33. The summed E-state index contributed by atoms with van der Waals surface area (Å²) in [6.45, 7) is 5.23. The van der Waals surface area contributed by atoms with Crippen molar-refractivity contribution in [1.82, 2.24) is 0 Å². The Morgan fingerprint density at radius 2 is 1.44 bits per heavy atom. The third-order valence-electron chi connectivity index (χ3n) is 1.07. The first-order valence-corrected chi connectivity index (χ1v) is 4.94. The van der Waals surface area contributed by atoms with Crippen LogP contribution in [0.25, 0.3) is 0 Å². The van der Waals surface area contributed by atoms with Gasteiger partial charge in [-0.15, -0.1) is 0 Å². The second-order valence-corrected chi connectivity index (χ2v) is 3.96. The van der Waals surface area contributed by atoms with Gasteiger partial charge in [0, 0.05) is 11.3 Å². The van der Waals surface area contributed by atoms with Gasteiger partial charge in [-0.25, -0.2) is 0 Å². The monoisotopic (exact) mass is 226 g/mol. The highest BCUT2D eigenvalue weighted by Gasteiger charge is 1.97. The highest BCUT2D eigenvalue weighted by atomic mass is 16.3. The van der Waals surface area contributed by atoms with E-state index in [9.17, 15) is 4.79 Å². The van der Waals surface area contributed by atoms with Gasteiger partial charge < -0.3 is 16.6 Å². The van der Waals surface area contributed by atoms with Crippen molar-refractivity contribution in [3.05, 3.63) is 29.8 Å². The normalized spacial score (nSPS) is 9.12. The van der Waals surface area contributed by atoms with E-state index in [2.05, 4.69) is 5.73 Å². The Balaban J connectivity index is 0. The number of hydrogen-bond donors (Lipinski definition) is 3. The quantitative estimate of drug-likeness (QED) is 0.499. The Kier molecular flexibility index (Phi) is 9.45. The minimum atomic E-state index is -0.500. The van der Waals surface area contributed by atoms with Crippen molar-refractivity contribution in [1.29, 1.82) is 0 Å². The highest BCUT2D eigenvalue weighted by molar-refractivity contribution is 5.75. The average Bonchev–Trinajstić information content (AvgIpc) is 2.20. The number of carbonyl (C=O) groups is 1. The zero-order valence-electron chi connectivity index (χ0n) is 10.4. The average molecular weight is 226 g/mol. The molecule has 0 aliphatic heterocycles. The number of anilines is 1. The van der Waals surface area contributed by atoms with Crippen molar-refractivity contribution in [3.8, 4) is 0 Å². The van der Waals surface area contributed by atoms with Crippen LogP contribution in [0.5, 0.6) is 0 Å². The fourth-order valence-electron chi connectivity index (χ4n) is 0.575. The smallest absolute Gasteiger partial charge is 0.150 e. The predicted molar refractivity (Wildman–Crippen MR) is 68.3 cm³/mol. The molecule has 0 saturated heterocycles. The molecule has 0 unspecified atom stereocenters. The van der Waals surface area contributed by atoms with Crippen molar-refractivity contribution in [2.24, 2.45) is 5.73 Å². The molecule has 1 rings (SSSR count). The lowest BCUT2D eigenvalue weighted by molar-refractivity contribution is 0.102. The number of aliphatic hydroxyl groups is 1. The summed E-state index contributed by atoms with van der Waals surface area (Å²) in [6, 6.07) is 6.76. The Morgan fingerprint density at radius 1 is 1.12 bits per heavy atom. The molecule has 4 nitrogen and oxygen atoms in total. The molecule has 1 aromatic rings. The van der Waals surface area contributed by atoms with Crippen LogP contribution in [-0.2, 0) is 0 Å². The first kappa shape index (κ1) is 17.0. The summed E-state index contributed by atoms with van der Waals surface area (Å²) in [5.74, 6) is 0. The SMILES string of the molecule is CC(C)(C)O.CN.Nc1ccc(C=O)cc1. The second-order valence-electron chi connectivity index (χ2n) is 3.96. The largest absolute Gasteiger partial charge is 0.399 e. The number of hydrogen-bond acceptors (Lipinski definition) is 4. The summed E-state index contributed by atoms with van der Waals surface area (Å²) < 4.78 is 0. The van der Waals surface area contributed by atoms with Crippen LogP contribution in [0.4, 0.5) is 5.69 Å².